The van der Waals surface area contributed by atoms with Crippen LogP contribution in [0.1, 0.15) is 28.9 Å². The third-order valence-electron chi connectivity index (χ3n) is 7.01. The maximum Gasteiger partial charge on any atom is 0.254 e. The Balaban J connectivity index is 1.24. The summed E-state index contributed by atoms with van der Waals surface area (Å²) in [4.78, 5) is 32.5. The topological polar surface area (TPSA) is 69.6 Å². The van der Waals surface area contributed by atoms with Crippen LogP contribution in [0.5, 0.6) is 0 Å². The highest BCUT2D eigenvalue weighted by Crippen LogP contribution is 2.23. The van der Waals surface area contributed by atoms with E-state index in [1.54, 1.807) is 17.0 Å². The smallest absolute Gasteiger partial charge is 0.254 e. The molecule has 0 N–H and O–H groups in total. The van der Waals surface area contributed by atoms with Gasteiger partial charge in [0, 0.05) is 37.3 Å². The number of carbonyl (C=O) groups excluding carboxylic acids is 2. The number of benzene rings is 3. The first-order valence-corrected chi connectivity index (χ1v) is 12.9. The van der Waals surface area contributed by atoms with Crippen molar-refractivity contribution in [2.45, 2.75) is 13.0 Å². The average molecular weight is 506 g/mol. The molecule has 3 aromatic carbocycles. The molecule has 1 fully saturated rings. The second-order valence-corrected chi connectivity index (χ2v) is 9.40. The van der Waals surface area contributed by atoms with Crippen LogP contribution in [0.25, 0.3) is 11.3 Å². The average Bonchev–Trinajstić information content (AvgIpc) is 3.00. The molecule has 0 unspecified atom stereocenters. The van der Waals surface area contributed by atoms with Crippen LogP contribution in [0, 0.1) is 0 Å². The number of rotatable bonds is 7. The van der Waals surface area contributed by atoms with Gasteiger partial charge >= 0.3 is 0 Å². The summed E-state index contributed by atoms with van der Waals surface area (Å²) in [6.07, 6.45) is 0. The van der Waals surface area contributed by atoms with Crippen LogP contribution in [0.15, 0.2) is 103 Å². The van der Waals surface area contributed by atoms with Crippen molar-refractivity contribution in [3.63, 3.8) is 0 Å². The summed E-state index contributed by atoms with van der Waals surface area (Å²) in [5.74, 6) is 0.598. The number of nitrogens with zero attached hydrogens (tertiary/aromatic N) is 5. The minimum absolute atomic E-state index is 0.0232. The van der Waals surface area contributed by atoms with E-state index >= 15 is 0 Å². The molecule has 38 heavy (non-hydrogen) atoms. The van der Waals surface area contributed by atoms with E-state index in [0.717, 1.165) is 22.6 Å². The first-order chi connectivity index (χ1) is 18.6. The molecule has 0 saturated carbocycles. The fourth-order valence-electron chi connectivity index (χ4n) is 4.73. The minimum Gasteiger partial charge on any atom is -0.352 e. The standard InChI is InChI=1S/C31H31N5O2/c1-24(25-11-5-2-6-12-25)36(31(38)27-15-9-4-10-16-27)23-30(37)35-21-19-34(20-22-35)29-18-17-28(32-33-29)26-13-7-3-8-14-26/h2-18,24H,19-23H2,1H3/t24-/m0/s1. The number of carbonyl (C=O) groups is 2. The summed E-state index contributed by atoms with van der Waals surface area (Å²) in [6.45, 7) is 4.44. The van der Waals surface area contributed by atoms with Gasteiger partial charge in [0.25, 0.3) is 5.91 Å². The Morgan fingerprint density at radius 1 is 0.763 bits per heavy atom. The van der Waals surface area contributed by atoms with Crippen LogP contribution >= 0.6 is 0 Å². The van der Waals surface area contributed by atoms with Crippen molar-refractivity contribution in [3.8, 4) is 11.3 Å². The Morgan fingerprint density at radius 2 is 1.37 bits per heavy atom. The van der Waals surface area contributed by atoms with Crippen molar-refractivity contribution < 1.29 is 9.59 Å². The molecule has 7 heteroatoms. The molecule has 2 heterocycles. The van der Waals surface area contributed by atoms with Gasteiger partial charge in [-0.2, -0.15) is 0 Å². The van der Waals surface area contributed by atoms with Gasteiger partial charge in [0.15, 0.2) is 5.82 Å². The molecule has 7 nitrogen and oxygen atoms in total. The lowest BCUT2D eigenvalue weighted by atomic mass is 10.1. The van der Waals surface area contributed by atoms with Gasteiger partial charge in [-0.05, 0) is 36.8 Å². The van der Waals surface area contributed by atoms with Crippen LogP contribution in [-0.2, 0) is 4.79 Å². The Labute approximate surface area is 223 Å². The zero-order chi connectivity index (χ0) is 26.3. The molecule has 192 valence electrons. The number of hydrogen-bond donors (Lipinski definition) is 0. The molecule has 4 aromatic rings. The van der Waals surface area contributed by atoms with E-state index in [9.17, 15) is 9.59 Å². The first kappa shape index (κ1) is 25.1. The normalized spacial score (nSPS) is 14.1. The molecular formula is C31H31N5O2. The molecule has 0 radical (unpaired) electrons. The van der Waals surface area contributed by atoms with Crippen LogP contribution < -0.4 is 4.90 Å². The molecular weight excluding hydrogens is 474 g/mol. The highest BCUT2D eigenvalue weighted by atomic mass is 16.2. The predicted octanol–water partition coefficient (Wildman–Crippen LogP) is 4.70. The Morgan fingerprint density at radius 3 is 1.97 bits per heavy atom. The van der Waals surface area contributed by atoms with Crippen molar-refractivity contribution >= 4 is 17.6 Å². The Hall–Kier alpha value is -4.52. The molecule has 5 rings (SSSR count). The van der Waals surface area contributed by atoms with Crippen LogP contribution in [0.3, 0.4) is 0 Å². The fraction of sp³-hybridized carbons (Fsp3) is 0.226. The third kappa shape index (κ3) is 5.72. The van der Waals surface area contributed by atoms with Crippen molar-refractivity contribution in [2.75, 3.05) is 37.6 Å². The molecule has 1 aliphatic heterocycles. The largest absolute Gasteiger partial charge is 0.352 e. The molecule has 1 atom stereocenters. The number of hydrogen-bond acceptors (Lipinski definition) is 5. The maximum atomic E-state index is 13.5. The quantitative estimate of drug-likeness (QED) is 0.364. The van der Waals surface area contributed by atoms with Gasteiger partial charge in [0.05, 0.1) is 11.7 Å². The van der Waals surface area contributed by atoms with Gasteiger partial charge < -0.3 is 14.7 Å². The molecule has 1 saturated heterocycles. The minimum atomic E-state index is -0.243. The van der Waals surface area contributed by atoms with Crippen molar-refractivity contribution in [3.05, 3.63) is 114 Å². The fourth-order valence-corrected chi connectivity index (χ4v) is 4.73. The second kappa shape index (κ2) is 11.7. The summed E-state index contributed by atoms with van der Waals surface area (Å²) in [5.41, 5.74) is 3.43. The summed E-state index contributed by atoms with van der Waals surface area (Å²) in [5, 5.41) is 8.83. The Kier molecular flexibility index (Phi) is 7.73. The summed E-state index contributed by atoms with van der Waals surface area (Å²) >= 11 is 0. The highest BCUT2D eigenvalue weighted by molar-refractivity contribution is 5.96. The monoisotopic (exact) mass is 505 g/mol. The lowest BCUT2D eigenvalue weighted by Crippen LogP contribution is -2.52. The zero-order valence-corrected chi connectivity index (χ0v) is 21.5. The van der Waals surface area contributed by atoms with Crippen molar-refractivity contribution in [1.82, 2.24) is 20.0 Å². The summed E-state index contributed by atoms with van der Waals surface area (Å²) < 4.78 is 0. The van der Waals surface area contributed by atoms with Crippen LogP contribution in [0.4, 0.5) is 5.82 Å². The first-order valence-electron chi connectivity index (χ1n) is 12.9. The molecule has 2 amide bonds. The van der Waals surface area contributed by atoms with E-state index in [1.807, 2.05) is 103 Å². The maximum absolute atomic E-state index is 13.5. The van der Waals surface area contributed by atoms with E-state index in [2.05, 4.69) is 15.1 Å². The number of amides is 2. The number of piperazine rings is 1. The van der Waals surface area contributed by atoms with Crippen LogP contribution in [0.2, 0.25) is 0 Å². The van der Waals surface area contributed by atoms with Gasteiger partial charge in [0.2, 0.25) is 5.91 Å². The molecule has 0 spiro atoms. The third-order valence-corrected chi connectivity index (χ3v) is 7.01. The van der Waals surface area contributed by atoms with E-state index in [1.165, 1.54) is 0 Å². The van der Waals surface area contributed by atoms with E-state index in [0.29, 0.717) is 31.7 Å². The van der Waals surface area contributed by atoms with Crippen molar-refractivity contribution in [2.24, 2.45) is 0 Å². The van der Waals surface area contributed by atoms with E-state index in [-0.39, 0.29) is 24.4 Å². The van der Waals surface area contributed by atoms with Gasteiger partial charge in [-0.15, -0.1) is 10.2 Å². The second-order valence-electron chi connectivity index (χ2n) is 9.40. The molecule has 0 aliphatic carbocycles. The van der Waals surface area contributed by atoms with Gasteiger partial charge in [-0.3, -0.25) is 9.59 Å². The van der Waals surface area contributed by atoms with Crippen LogP contribution in [-0.4, -0.2) is 64.5 Å². The zero-order valence-electron chi connectivity index (χ0n) is 21.5. The van der Waals surface area contributed by atoms with Gasteiger partial charge in [-0.25, -0.2) is 0 Å². The lowest BCUT2D eigenvalue weighted by Gasteiger charge is -2.37. The predicted molar refractivity (Wildman–Crippen MR) is 149 cm³/mol. The van der Waals surface area contributed by atoms with Crippen molar-refractivity contribution in [1.29, 1.82) is 0 Å². The van der Waals surface area contributed by atoms with Gasteiger partial charge in [0.1, 0.15) is 6.54 Å². The van der Waals surface area contributed by atoms with E-state index in [4.69, 9.17) is 0 Å². The summed E-state index contributed by atoms with van der Waals surface area (Å²) in [7, 11) is 0. The Bertz CT molecular complexity index is 1340. The molecule has 0 bridgehead atoms. The highest BCUT2D eigenvalue weighted by Gasteiger charge is 2.29. The number of anilines is 1. The molecule has 1 aromatic heterocycles. The SMILES string of the molecule is C[C@@H](c1ccccc1)N(CC(=O)N1CCN(c2ccc(-c3ccccc3)nn2)CC1)C(=O)c1ccccc1. The lowest BCUT2D eigenvalue weighted by molar-refractivity contribution is -0.132. The summed E-state index contributed by atoms with van der Waals surface area (Å²) in [6, 6.07) is 32.7. The molecule has 1 aliphatic rings. The van der Waals surface area contributed by atoms with E-state index < -0.39 is 0 Å². The van der Waals surface area contributed by atoms with Gasteiger partial charge in [-0.1, -0.05) is 78.9 Å². The number of aromatic nitrogens is 2.